The van der Waals surface area contributed by atoms with Crippen molar-refractivity contribution < 1.29 is 13.2 Å². The zero-order valence-corrected chi connectivity index (χ0v) is 18.4. The summed E-state index contributed by atoms with van der Waals surface area (Å²) in [4.78, 5) is 14.9. The number of amides is 1. The summed E-state index contributed by atoms with van der Waals surface area (Å²) in [6.07, 6.45) is 3.93. The molecule has 1 fully saturated rings. The molecule has 0 radical (unpaired) electrons. The van der Waals surface area contributed by atoms with E-state index in [1.54, 1.807) is 19.5 Å². The average Bonchev–Trinajstić information content (AvgIpc) is 3.40. The van der Waals surface area contributed by atoms with Gasteiger partial charge in [0.05, 0.1) is 9.77 Å². The second-order valence-corrected chi connectivity index (χ2v) is 10.8. The van der Waals surface area contributed by atoms with Crippen LogP contribution in [0.15, 0.2) is 40.6 Å². The Morgan fingerprint density at radius 1 is 1.24 bits per heavy atom. The summed E-state index contributed by atoms with van der Waals surface area (Å²) in [5, 5.41) is 4.10. The van der Waals surface area contributed by atoms with Crippen LogP contribution in [-0.2, 0) is 22.9 Å². The number of hydrogen-bond acceptors (Lipinski definition) is 5. The highest BCUT2D eigenvalue weighted by molar-refractivity contribution is 7.89. The first kappa shape index (κ1) is 20.5. The van der Waals surface area contributed by atoms with Gasteiger partial charge in [-0.25, -0.2) is 8.42 Å². The van der Waals surface area contributed by atoms with Crippen LogP contribution in [-0.4, -0.2) is 62.8 Å². The standard InChI is InChI=1S/C21H27N3O3S2/c1-22-21(25)20-12-19(14-28-20)29(26,27)23(2)17-8-5-9-24(13-17)18-10-15-6-3-4-7-16(15)11-18/h3-4,6-7,12,14,17-18H,5,8-11,13H2,1-2H3,(H,22,25). The van der Waals surface area contributed by atoms with E-state index in [1.807, 2.05) is 0 Å². The number of nitrogens with one attached hydrogen (secondary N) is 1. The zero-order valence-electron chi connectivity index (χ0n) is 16.8. The number of fused-ring (bicyclic) bond motifs is 1. The molecule has 0 bridgehead atoms. The molecule has 1 aromatic heterocycles. The maximum absolute atomic E-state index is 13.1. The van der Waals surface area contributed by atoms with Crippen LogP contribution in [0.4, 0.5) is 0 Å². The molecule has 156 valence electrons. The Morgan fingerprint density at radius 3 is 2.59 bits per heavy atom. The highest BCUT2D eigenvalue weighted by Gasteiger charge is 2.35. The highest BCUT2D eigenvalue weighted by Crippen LogP contribution is 2.30. The second-order valence-electron chi connectivity index (χ2n) is 7.87. The molecule has 2 heterocycles. The number of benzene rings is 1. The van der Waals surface area contributed by atoms with Gasteiger partial charge in [0.15, 0.2) is 0 Å². The predicted octanol–water partition coefficient (Wildman–Crippen LogP) is 2.36. The van der Waals surface area contributed by atoms with Crippen molar-refractivity contribution >= 4 is 27.3 Å². The lowest BCUT2D eigenvalue weighted by Crippen LogP contribution is -2.51. The highest BCUT2D eigenvalue weighted by atomic mass is 32.2. The molecule has 1 aliphatic carbocycles. The quantitative estimate of drug-likeness (QED) is 0.786. The Morgan fingerprint density at radius 2 is 1.93 bits per heavy atom. The first-order chi connectivity index (χ1) is 13.9. The summed E-state index contributed by atoms with van der Waals surface area (Å²) in [6.45, 7) is 1.77. The van der Waals surface area contributed by atoms with Crippen molar-refractivity contribution in [2.75, 3.05) is 27.2 Å². The molecule has 1 unspecified atom stereocenters. The SMILES string of the molecule is CNC(=O)c1cc(S(=O)(=O)N(C)C2CCCN(C3Cc4ccccc4C3)C2)cs1. The number of nitrogens with zero attached hydrogens (tertiary/aromatic N) is 2. The molecule has 29 heavy (non-hydrogen) atoms. The lowest BCUT2D eigenvalue weighted by Gasteiger charge is -2.39. The number of sulfonamides is 1. The van der Waals surface area contributed by atoms with E-state index in [9.17, 15) is 13.2 Å². The number of carbonyl (C=O) groups excluding carboxylic acids is 1. The summed E-state index contributed by atoms with van der Waals surface area (Å²) >= 11 is 1.16. The third-order valence-electron chi connectivity index (χ3n) is 6.19. The summed E-state index contributed by atoms with van der Waals surface area (Å²) in [5.41, 5.74) is 2.83. The molecule has 1 aromatic carbocycles. The van der Waals surface area contributed by atoms with Gasteiger partial charge in [0.25, 0.3) is 5.91 Å². The molecule has 1 N–H and O–H groups in total. The fraction of sp³-hybridized carbons (Fsp3) is 0.476. The summed E-state index contributed by atoms with van der Waals surface area (Å²) < 4.78 is 27.8. The number of carbonyl (C=O) groups is 1. The zero-order chi connectivity index (χ0) is 20.6. The van der Waals surface area contributed by atoms with Gasteiger partial charge in [0, 0.05) is 38.1 Å². The minimum atomic E-state index is -3.62. The van der Waals surface area contributed by atoms with Crippen LogP contribution in [0.3, 0.4) is 0 Å². The lowest BCUT2D eigenvalue weighted by molar-refractivity contribution is 0.0967. The largest absolute Gasteiger partial charge is 0.354 e. The Balaban J connectivity index is 1.46. The summed E-state index contributed by atoms with van der Waals surface area (Å²) in [6, 6.07) is 10.5. The number of likely N-dealkylation sites (N-methyl/N-ethyl adjacent to an activating group) is 1. The minimum absolute atomic E-state index is 0.0548. The molecule has 1 saturated heterocycles. The predicted molar refractivity (Wildman–Crippen MR) is 115 cm³/mol. The van der Waals surface area contributed by atoms with Gasteiger partial charge >= 0.3 is 0 Å². The first-order valence-corrected chi connectivity index (χ1v) is 12.3. The first-order valence-electron chi connectivity index (χ1n) is 9.99. The van der Waals surface area contributed by atoms with Crippen molar-refractivity contribution in [1.29, 1.82) is 0 Å². The number of thiophene rings is 1. The minimum Gasteiger partial charge on any atom is -0.354 e. The molecule has 1 amide bonds. The van der Waals surface area contributed by atoms with Gasteiger partial charge in [-0.15, -0.1) is 11.3 Å². The van der Waals surface area contributed by atoms with Crippen LogP contribution in [0, 0.1) is 0 Å². The number of likely N-dealkylation sites (tertiary alicyclic amines) is 1. The molecular formula is C21H27N3O3S2. The third-order valence-corrected chi connectivity index (χ3v) is 9.16. The molecule has 1 aliphatic heterocycles. The van der Waals surface area contributed by atoms with Crippen molar-refractivity contribution in [2.45, 2.75) is 42.7 Å². The molecule has 6 nitrogen and oxygen atoms in total. The molecule has 4 rings (SSSR count). The van der Waals surface area contributed by atoms with E-state index >= 15 is 0 Å². The van der Waals surface area contributed by atoms with Gasteiger partial charge in [-0.1, -0.05) is 24.3 Å². The Labute approximate surface area is 176 Å². The van der Waals surface area contributed by atoms with Crippen LogP contribution in [0.25, 0.3) is 0 Å². The molecule has 2 aromatic rings. The maximum Gasteiger partial charge on any atom is 0.261 e. The second kappa shape index (κ2) is 8.18. The number of piperidine rings is 1. The summed E-state index contributed by atoms with van der Waals surface area (Å²) in [7, 11) is -0.410. The third kappa shape index (κ3) is 3.99. The molecule has 0 saturated carbocycles. The van der Waals surface area contributed by atoms with E-state index in [2.05, 4.69) is 34.5 Å². The normalized spacial score (nSPS) is 20.7. The maximum atomic E-state index is 13.1. The molecule has 0 spiro atoms. The lowest BCUT2D eigenvalue weighted by atomic mass is 10.0. The van der Waals surface area contributed by atoms with Crippen molar-refractivity contribution in [1.82, 2.24) is 14.5 Å². The van der Waals surface area contributed by atoms with E-state index < -0.39 is 10.0 Å². The van der Waals surface area contributed by atoms with Gasteiger partial charge in [-0.3, -0.25) is 9.69 Å². The van der Waals surface area contributed by atoms with Gasteiger partial charge in [-0.05, 0) is 49.4 Å². The molecule has 8 heteroatoms. The number of rotatable bonds is 5. The van der Waals surface area contributed by atoms with E-state index in [4.69, 9.17) is 0 Å². The van der Waals surface area contributed by atoms with Crippen molar-refractivity contribution in [2.24, 2.45) is 0 Å². The number of hydrogen-bond donors (Lipinski definition) is 1. The van der Waals surface area contributed by atoms with E-state index in [1.165, 1.54) is 21.5 Å². The molecule has 2 aliphatic rings. The monoisotopic (exact) mass is 433 g/mol. The van der Waals surface area contributed by atoms with Crippen LogP contribution in [0.1, 0.15) is 33.6 Å². The Bertz CT molecular complexity index is 977. The molecular weight excluding hydrogens is 406 g/mol. The van der Waals surface area contributed by atoms with Gasteiger partial charge in [-0.2, -0.15) is 4.31 Å². The van der Waals surface area contributed by atoms with Gasteiger partial charge in [0.2, 0.25) is 10.0 Å². The van der Waals surface area contributed by atoms with E-state index in [-0.39, 0.29) is 16.8 Å². The van der Waals surface area contributed by atoms with Crippen molar-refractivity contribution in [3.63, 3.8) is 0 Å². The van der Waals surface area contributed by atoms with Crippen molar-refractivity contribution in [3.8, 4) is 0 Å². The smallest absolute Gasteiger partial charge is 0.261 e. The van der Waals surface area contributed by atoms with E-state index in [0.717, 1.165) is 50.1 Å². The van der Waals surface area contributed by atoms with Crippen LogP contribution in [0.2, 0.25) is 0 Å². The Hall–Kier alpha value is -1.74. The fourth-order valence-corrected chi connectivity index (χ4v) is 7.05. The van der Waals surface area contributed by atoms with Crippen LogP contribution < -0.4 is 5.32 Å². The average molecular weight is 434 g/mol. The van der Waals surface area contributed by atoms with Gasteiger partial charge in [0.1, 0.15) is 0 Å². The Kier molecular flexibility index (Phi) is 5.79. The topological polar surface area (TPSA) is 69.7 Å². The summed E-state index contributed by atoms with van der Waals surface area (Å²) in [5.74, 6) is -0.260. The van der Waals surface area contributed by atoms with Crippen molar-refractivity contribution in [3.05, 3.63) is 51.7 Å². The van der Waals surface area contributed by atoms with Crippen LogP contribution in [0.5, 0.6) is 0 Å². The fourth-order valence-electron chi connectivity index (χ4n) is 4.46. The van der Waals surface area contributed by atoms with E-state index in [0.29, 0.717) is 10.9 Å². The van der Waals surface area contributed by atoms with Gasteiger partial charge < -0.3 is 5.32 Å². The molecule has 1 atom stereocenters. The van der Waals surface area contributed by atoms with Crippen LogP contribution >= 0.6 is 11.3 Å².